The molecule has 1 aromatic rings. The molecule has 1 aliphatic heterocycles. The smallest absolute Gasteiger partial charge is 0.225 e. The molecule has 0 aromatic carbocycles. The van der Waals surface area contributed by atoms with Crippen LogP contribution < -0.4 is 15.0 Å². The monoisotopic (exact) mass is 250 g/mol. The molecule has 5 heteroatoms. The maximum Gasteiger partial charge on any atom is 0.225 e. The normalized spacial score (nSPS) is 16.2. The molecule has 0 saturated carbocycles. The van der Waals surface area contributed by atoms with E-state index in [0.717, 1.165) is 24.8 Å². The van der Waals surface area contributed by atoms with Gasteiger partial charge in [0.25, 0.3) is 0 Å². The first-order valence-corrected chi connectivity index (χ1v) is 6.54. The molecule has 1 fully saturated rings. The minimum Gasteiger partial charge on any atom is -0.488 e. The molecule has 0 spiro atoms. The molecule has 0 amide bonds. The van der Waals surface area contributed by atoms with Gasteiger partial charge in [0.1, 0.15) is 0 Å². The lowest BCUT2D eigenvalue weighted by Gasteiger charge is -2.40. The number of nitrogens with zero attached hydrogens (tertiary/aromatic N) is 3. The standard InChI is InChI=1S/C13H22N4O/c1-9(2)16-11-7-17(8-11)13-14-5-12(6-15-13)18-10(3)4/h5-6,9-11,16H,7-8H2,1-4H3. The van der Waals surface area contributed by atoms with Crippen LogP contribution in [0.4, 0.5) is 5.95 Å². The van der Waals surface area contributed by atoms with Gasteiger partial charge in [0.05, 0.1) is 18.5 Å². The van der Waals surface area contributed by atoms with Crippen molar-refractivity contribution in [2.75, 3.05) is 18.0 Å². The fraction of sp³-hybridized carbons (Fsp3) is 0.692. The van der Waals surface area contributed by atoms with Crippen molar-refractivity contribution in [3.63, 3.8) is 0 Å². The highest BCUT2D eigenvalue weighted by Crippen LogP contribution is 2.18. The maximum atomic E-state index is 5.52. The summed E-state index contributed by atoms with van der Waals surface area (Å²) in [6.07, 6.45) is 3.64. The molecule has 1 saturated heterocycles. The van der Waals surface area contributed by atoms with Gasteiger partial charge in [0.2, 0.25) is 5.95 Å². The highest BCUT2D eigenvalue weighted by molar-refractivity contribution is 5.36. The number of rotatable bonds is 5. The molecule has 18 heavy (non-hydrogen) atoms. The van der Waals surface area contributed by atoms with Gasteiger partial charge < -0.3 is 15.0 Å². The highest BCUT2D eigenvalue weighted by Gasteiger charge is 2.28. The van der Waals surface area contributed by atoms with Gasteiger partial charge in [-0.25, -0.2) is 9.97 Å². The van der Waals surface area contributed by atoms with E-state index in [4.69, 9.17) is 4.74 Å². The van der Waals surface area contributed by atoms with Crippen LogP contribution in [0.2, 0.25) is 0 Å². The van der Waals surface area contributed by atoms with E-state index < -0.39 is 0 Å². The zero-order valence-corrected chi connectivity index (χ0v) is 11.6. The Morgan fingerprint density at radius 1 is 1.22 bits per heavy atom. The van der Waals surface area contributed by atoms with Crippen LogP contribution in [0.5, 0.6) is 5.75 Å². The van der Waals surface area contributed by atoms with Crippen molar-refractivity contribution in [2.24, 2.45) is 0 Å². The van der Waals surface area contributed by atoms with Gasteiger partial charge in [-0.15, -0.1) is 0 Å². The Morgan fingerprint density at radius 2 is 1.83 bits per heavy atom. The lowest BCUT2D eigenvalue weighted by molar-refractivity contribution is 0.240. The number of aromatic nitrogens is 2. The minimum absolute atomic E-state index is 0.156. The summed E-state index contributed by atoms with van der Waals surface area (Å²) in [5.74, 6) is 1.51. The number of hydrogen-bond donors (Lipinski definition) is 1. The van der Waals surface area contributed by atoms with Crippen LogP contribution in [0.25, 0.3) is 0 Å². The largest absolute Gasteiger partial charge is 0.488 e. The van der Waals surface area contributed by atoms with Crippen molar-refractivity contribution in [2.45, 2.75) is 45.9 Å². The Morgan fingerprint density at radius 3 is 2.33 bits per heavy atom. The molecule has 0 unspecified atom stereocenters. The van der Waals surface area contributed by atoms with Gasteiger partial charge in [-0.2, -0.15) is 0 Å². The Bertz CT molecular complexity index is 371. The number of hydrogen-bond acceptors (Lipinski definition) is 5. The van der Waals surface area contributed by atoms with Gasteiger partial charge in [-0.3, -0.25) is 0 Å². The van der Waals surface area contributed by atoms with E-state index in [0.29, 0.717) is 12.1 Å². The molecule has 1 aromatic heterocycles. The second kappa shape index (κ2) is 5.52. The first kappa shape index (κ1) is 13.1. The van der Waals surface area contributed by atoms with Crippen molar-refractivity contribution in [3.05, 3.63) is 12.4 Å². The highest BCUT2D eigenvalue weighted by atomic mass is 16.5. The second-order valence-corrected chi connectivity index (χ2v) is 5.31. The molecule has 2 heterocycles. The van der Waals surface area contributed by atoms with E-state index in [1.165, 1.54) is 0 Å². The van der Waals surface area contributed by atoms with Crippen LogP contribution in [-0.2, 0) is 0 Å². The van der Waals surface area contributed by atoms with Gasteiger partial charge >= 0.3 is 0 Å². The minimum atomic E-state index is 0.156. The van der Waals surface area contributed by atoms with E-state index in [2.05, 4.69) is 34.0 Å². The third kappa shape index (κ3) is 3.32. The zero-order chi connectivity index (χ0) is 13.1. The summed E-state index contributed by atoms with van der Waals surface area (Å²) in [4.78, 5) is 10.8. The van der Waals surface area contributed by atoms with E-state index in [1.54, 1.807) is 12.4 Å². The predicted molar refractivity (Wildman–Crippen MR) is 72.1 cm³/mol. The average Bonchev–Trinajstić information content (AvgIpc) is 2.23. The number of anilines is 1. The molecule has 0 bridgehead atoms. The third-order valence-electron chi connectivity index (χ3n) is 2.72. The summed E-state index contributed by atoms with van der Waals surface area (Å²) in [6.45, 7) is 10.3. The Labute approximate surface area is 109 Å². The van der Waals surface area contributed by atoms with Crippen LogP contribution >= 0.6 is 0 Å². The third-order valence-corrected chi connectivity index (χ3v) is 2.72. The fourth-order valence-corrected chi connectivity index (χ4v) is 2.02. The van der Waals surface area contributed by atoms with Crippen molar-refractivity contribution in [3.8, 4) is 5.75 Å². The maximum absolute atomic E-state index is 5.52. The lowest BCUT2D eigenvalue weighted by Crippen LogP contribution is -2.60. The van der Waals surface area contributed by atoms with Gasteiger partial charge in [0.15, 0.2) is 5.75 Å². The summed E-state index contributed by atoms with van der Waals surface area (Å²) >= 11 is 0. The van der Waals surface area contributed by atoms with E-state index in [-0.39, 0.29) is 6.10 Å². The summed E-state index contributed by atoms with van der Waals surface area (Å²) in [7, 11) is 0. The van der Waals surface area contributed by atoms with Gasteiger partial charge in [-0.1, -0.05) is 13.8 Å². The topological polar surface area (TPSA) is 50.3 Å². The van der Waals surface area contributed by atoms with Crippen LogP contribution in [0.1, 0.15) is 27.7 Å². The number of nitrogens with one attached hydrogen (secondary N) is 1. The molecule has 1 N–H and O–H groups in total. The Hall–Kier alpha value is -1.36. The van der Waals surface area contributed by atoms with E-state index in [1.807, 2.05) is 13.8 Å². The molecule has 0 aliphatic carbocycles. The van der Waals surface area contributed by atoms with Crippen molar-refractivity contribution < 1.29 is 4.74 Å². The molecule has 1 aliphatic rings. The molecule has 0 radical (unpaired) electrons. The first-order chi connectivity index (χ1) is 8.54. The summed E-state index contributed by atoms with van der Waals surface area (Å²) in [5, 5.41) is 3.49. The Kier molecular flexibility index (Phi) is 4.01. The first-order valence-electron chi connectivity index (χ1n) is 6.54. The predicted octanol–water partition coefficient (Wildman–Crippen LogP) is 1.45. The van der Waals surface area contributed by atoms with Crippen LogP contribution in [-0.4, -0.2) is 41.2 Å². The van der Waals surface area contributed by atoms with E-state index >= 15 is 0 Å². The quantitative estimate of drug-likeness (QED) is 0.857. The van der Waals surface area contributed by atoms with E-state index in [9.17, 15) is 0 Å². The molecule has 2 rings (SSSR count). The molecular formula is C13H22N4O. The summed E-state index contributed by atoms with van der Waals surface area (Å²) in [6, 6.07) is 1.08. The summed E-state index contributed by atoms with van der Waals surface area (Å²) in [5.41, 5.74) is 0. The van der Waals surface area contributed by atoms with Crippen molar-refractivity contribution in [1.29, 1.82) is 0 Å². The van der Waals surface area contributed by atoms with Crippen molar-refractivity contribution >= 4 is 5.95 Å². The van der Waals surface area contributed by atoms with Crippen LogP contribution in [0.3, 0.4) is 0 Å². The summed E-state index contributed by atoms with van der Waals surface area (Å²) < 4.78 is 5.52. The van der Waals surface area contributed by atoms with Gasteiger partial charge in [0, 0.05) is 25.2 Å². The average molecular weight is 250 g/mol. The SMILES string of the molecule is CC(C)NC1CN(c2ncc(OC(C)C)cn2)C1. The Balaban J connectivity index is 1.85. The molecule has 100 valence electrons. The van der Waals surface area contributed by atoms with Crippen LogP contribution in [0, 0.1) is 0 Å². The lowest BCUT2D eigenvalue weighted by atomic mass is 10.1. The molecule has 5 nitrogen and oxygen atoms in total. The number of ether oxygens (including phenoxy) is 1. The van der Waals surface area contributed by atoms with Gasteiger partial charge in [-0.05, 0) is 13.8 Å². The fourth-order valence-electron chi connectivity index (χ4n) is 2.02. The second-order valence-electron chi connectivity index (χ2n) is 5.31. The van der Waals surface area contributed by atoms with Crippen molar-refractivity contribution in [1.82, 2.24) is 15.3 Å². The molecule has 0 atom stereocenters. The van der Waals surface area contributed by atoms with Crippen LogP contribution in [0.15, 0.2) is 12.4 Å². The molecular weight excluding hydrogens is 228 g/mol. The zero-order valence-electron chi connectivity index (χ0n) is 11.6.